The predicted molar refractivity (Wildman–Crippen MR) is 70.3 cm³/mol. The summed E-state index contributed by atoms with van der Waals surface area (Å²) in [6.45, 7) is 2.10. The number of hydrogen-bond acceptors (Lipinski definition) is 1. The lowest BCUT2D eigenvalue weighted by Gasteiger charge is -2.09. The number of halogens is 1. The van der Waals surface area contributed by atoms with Crippen molar-refractivity contribution < 1.29 is 5.11 Å². The first-order chi connectivity index (χ1) is 8.19. The molecule has 0 spiro atoms. The van der Waals surface area contributed by atoms with Crippen molar-refractivity contribution in [3.63, 3.8) is 0 Å². The van der Waals surface area contributed by atoms with E-state index in [-0.39, 0.29) is 0 Å². The third kappa shape index (κ3) is 3.11. The topological polar surface area (TPSA) is 36.0 Å². The largest absolute Gasteiger partial charge is 0.388 e. The number of aliphatic hydroxyl groups excluding tert-OH is 1. The normalized spacial score (nSPS) is 12.6. The maximum absolute atomic E-state index is 10.1. The van der Waals surface area contributed by atoms with Crippen molar-refractivity contribution >= 4 is 11.6 Å². The van der Waals surface area contributed by atoms with Crippen LogP contribution in [0.5, 0.6) is 0 Å². The highest BCUT2D eigenvalue weighted by Crippen LogP contribution is 2.21. The Labute approximate surface area is 106 Å². The summed E-state index contributed by atoms with van der Waals surface area (Å²) in [7, 11) is 0. The van der Waals surface area contributed by atoms with Crippen LogP contribution in [-0.2, 0) is 12.8 Å². The fourth-order valence-corrected chi connectivity index (χ4v) is 2.07. The van der Waals surface area contributed by atoms with Crippen molar-refractivity contribution in [2.24, 2.45) is 0 Å². The highest BCUT2D eigenvalue weighted by molar-refractivity contribution is 6.30. The van der Waals surface area contributed by atoms with Crippen molar-refractivity contribution in [2.75, 3.05) is 0 Å². The van der Waals surface area contributed by atoms with Gasteiger partial charge in [0.25, 0.3) is 0 Å². The van der Waals surface area contributed by atoms with Crippen LogP contribution in [0, 0.1) is 0 Å². The molecule has 0 saturated heterocycles. The van der Waals surface area contributed by atoms with Gasteiger partial charge in [-0.1, -0.05) is 30.7 Å². The molecule has 1 aromatic carbocycles. The number of rotatable bonds is 4. The molecule has 0 aliphatic carbocycles. The molecular formula is C14H16ClNO. The molecule has 17 heavy (non-hydrogen) atoms. The number of aromatic nitrogens is 1. The number of aryl methyl sites for hydroxylation is 1. The van der Waals surface area contributed by atoms with Crippen LogP contribution in [-0.4, -0.2) is 10.1 Å². The molecule has 1 atom stereocenters. The molecule has 0 bridgehead atoms. The molecule has 0 radical (unpaired) electrons. The second kappa shape index (κ2) is 5.39. The number of hydrogen-bond donors (Lipinski definition) is 2. The molecule has 90 valence electrons. The third-order valence-electron chi connectivity index (χ3n) is 2.85. The highest BCUT2D eigenvalue weighted by Gasteiger charge is 2.09. The van der Waals surface area contributed by atoms with E-state index >= 15 is 0 Å². The van der Waals surface area contributed by atoms with Crippen LogP contribution in [0.15, 0.2) is 36.5 Å². The van der Waals surface area contributed by atoms with Crippen molar-refractivity contribution in [2.45, 2.75) is 25.9 Å². The quantitative estimate of drug-likeness (QED) is 0.855. The van der Waals surface area contributed by atoms with Gasteiger partial charge in [0.15, 0.2) is 0 Å². The zero-order valence-electron chi connectivity index (χ0n) is 9.78. The van der Waals surface area contributed by atoms with Gasteiger partial charge in [-0.2, -0.15) is 0 Å². The molecule has 2 aromatic rings. The van der Waals surface area contributed by atoms with E-state index in [9.17, 15) is 5.11 Å². The molecule has 2 N–H and O–H groups in total. The smallest absolute Gasteiger partial charge is 0.0831 e. The monoisotopic (exact) mass is 249 g/mol. The average Bonchev–Trinajstić information content (AvgIpc) is 2.77. The standard InChI is InChI=1S/C14H16ClNO/c1-2-13-6-10(9-16-13)7-14(17)11-4-3-5-12(15)8-11/h3-6,8-9,14,16-17H,2,7H2,1H3. The molecule has 0 amide bonds. The molecule has 2 nitrogen and oxygen atoms in total. The minimum atomic E-state index is -0.505. The van der Waals surface area contributed by atoms with Gasteiger partial charge in [0.1, 0.15) is 0 Å². The Kier molecular flexibility index (Phi) is 3.87. The van der Waals surface area contributed by atoms with Crippen LogP contribution in [0.3, 0.4) is 0 Å². The summed E-state index contributed by atoms with van der Waals surface area (Å²) < 4.78 is 0. The Morgan fingerprint density at radius 2 is 2.18 bits per heavy atom. The van der Waals surface area contributed by atoms with Gasteiger partial charge < -0.3 is 10.1 Å². The minimum Gasteiger partial charge on any atom is -0.388 e. The summed E-state index contributed by atoms with van der Waals surface area (Å²) in [5.74, 6) is 0. The van der Waals surface area contributed by atoms with Gasteiger partial charge in [0.2, 0.25) is 0 Å². The second-order valence-corrected chi connectivity index (χ2v) is 4.60. The van der Waals surface area contributed by atoms with Crippen LogP contribution in [0.1, 0.15) is 29.8 Å². The van der Waals surface area contributed by atoms with Crippen LogP contribution < -0.4 is 0 Å². The Morgan fingerprint density at radius 3 is 2.82 bits per heavy atom. The van der Waals surface area contributed by atoms with Gasteiger partial charge in [-0.05, 0) is 35.7 Å². The molecule has 2 rings (SSSR count). The Hall–Kier alpha value is -1.25. The summed E-state index contributed by atoms with van der Waals surface area (Å²) in [6, 6.07) is 9.45. The van der Waals surface area contributed by atoms with E-state index in [1.165, 1.54) is 5.69 Å². The number of nitrogens with one attached hydrogen (secondary N) is 1. The number of H-pyrrole nitrogens is 1. The first kappa shape index (κ1) is 12.2. The summed E-state index contributed by atoms with van der Waals surface area (Å²) in [5.41, 5.74) is 3.17. The van der Waals surface area contributed by atoms with E-state index in [1.807, 2.05) is 24.4 Å². The summed E-state index contributed by atoms with van der Waals surface area (Å²) >= 11 is 5.90. The van der Waals surface area contributed by atoms with Gasteiger partial charge in [-0.25, -0.2) is 0 Å². The van der Waals surface area contributed by atoms with Gasteiger partial charge in [0.05, 0.1) is 6.10 Å². The van der Waals surface area contributed by atoms with E-state index < -0.39 is 6.10 Å². The molecule has 0 saturated carbocycles. The second-order valence-electron chi connectivity index (χ2n) is 4.16. The van der Waals surface area contributed by atoms with Gasteiger partial charge >= 0.3 is 0 Å². The molecule has 0 aliphatic rings. The van der Waals surface area contributed by atoms with Crippen molar-refractivity contribution in [1.82, 2.24) is 4.98 Å². The third-order valence-corrected chi connectivity index (χ3v) is 3.08. The molecular weight excluding hydrogens is 234 g/mol. The van der Waals surface area contributed by atoms with Crippen LogP contribution in [0.25, 0.3) is 0 Å². The Morgan fingerprint density at radius 1 is 1.35 bits per heavy atom. The number of aromatic amines is 1. The maximum atomic E-state index is 10.1. The molecule has 1 unspecified atom stereocenters. The number of aliphatic hydroxyl groups is 1. The van der Waals surface area contributed by atoms with Gasteiger partial charge in [0, 0.05) is 23.3 Å². The average molecular weight is 250 g/mol. The van der Waals surface area contributed by atoms with Gasteiger partial charge in [-0.3, -0.25) is 0 Å². The minimum absolute atomic E-state index is 0.505. The first-order valence-electron chi connectivity index (χ1n) is 5.78. The summed E-state index contributed by atoms with van der Waals surface area (Å²) in [5, 5.41) is 10.8. The Bertz CT molecular complexity index is 492. The fraction of sp³-hybridized carbons (Fsp3) is 0.286. The van der Waals surface area contributed by atoms with Crippen molar-refractivity contribution in [3.05, 3.63) is 58.4 Å². The van der Waals surface area contributed by atoms with E-state index in [0.29, 0.717) is 11.4 Å². The van der Waals surface area contributed by atoms with E-state index in [0.717, 1.165) is 17.5 Å². The fourth-order valence-electron chi connectivity index (χ4n) is 1.87. The lowest BCUT2D eigenvalue weighted by molar-refractivity contribution is 0.178. The van der Waals surface area contributed by atoms with Crippen LogP contribution >= 0.6 is 11.6 Å². The molecule has 0 aliphatic heterocycles. The van der Waals surface area contributed by atoms with Crippen molar-refractivity contribution in [1.29, 1.82) is 0 Å². The SMILES string of the molecule is CCc1cc(CC(O)c2cccc(Cl)c2)c[nH]1. The van der Waals surface area contributed by atoms with Crippen molar-refractivity contribution in [3.8, 4) is 0 Å². The van der Waals surface area contributed by atoms with Gasteiger partial charge in [-0.15, -0.1) is 0 Å². The lowest BCUT2D eigenvalue weighted by Crippen LogP contribution is -2.00. The summed E-state index contributed by atoms with van der Waals surface area (Å²) in [4.78, 5) is 3.19. The maximum Gasteiger partial charge on any atom is 0.0831 e. The number of benzene rings is 1. The van der Waals surface area contributed by atoms with E-state index in [1.54, 1.807) is 6.07 Å². The lowest BCUT2D eigenvalue weighted by atomic mass is 10.0. The van der Waals surface area contributed by atoms with Crippen LogP contribution in [0.4, 0.5) is 0 Å². The first-order valence-corrected chi connectivity index (χ1v) is 6.16. The Balaban J connectivity index is 2.08. The molecule has 0 fully saturated rings. The van der Waals surface area contributed by atoms with E-state index in [4.69, 9.17) is 11.6 Å². The van der Waals surface area contributed by atoms with Crippen LogP contribution in [0.2, 0.25) is 5.02 Å². The zero-order valence-corrected chi connectivity index (χ0v) is 10.5. The zero-order chi connectivity index (χ0) is 12.3. The summed E-state index contributed by atoms with van der Waals surface area (Å²) in [6.07, 6.45) is 3.03. The highest BCUT2D eigenvalue weighted by atomic mass is 35.5. The molecule has 1 heterocycles. The molecule has 1 aromatic heterocycles. The molecule has 3 heteroatoms. The van der Waals surface area contributed by atoms with E-state index in [2.05, 4.69) is 18.0 Å². The predicted octanol–water partition coefficient (Wildman–Crippen LogP) is 3.51.